The number of rotatable bonds is 3. The zero-order valence-electron chi connectivity index (χ0n) is 10.4. The predicted molar refractivity (Wildman–Crippen MR) is 63.4 cm³/mol. The number of carbonyl (C=O) groups is 1. The number of hydrogen-bond donors (Lipinski definition) is 2. The van der Waals surface area contributed by atoms with Crippen molar-refractivity contribution in [2.75, 3.05) is 0 Å². The molecule has 0 amide bonds. The van der Waals surface area contributed by atoms with Crippen molar-refractivity contribution in [2.24, 2.45) is 29.1 Å². The van der Waals surface area contributed by atoms with E-state index in [9.17, 15) is 15.0 Å². The first-order valence-electron chi connectivity index (χ1n) is 6.91. The van der Waals surface area contributed by atoms with Gasteiger partial charge < -0.3 is 10.2 Å². The Bertz CT molecular complexity index is 299. The maximum absolute atomic E-state index is 11.5. The Morgan fingerprint density at radius 3 is 1.82 bits per heavy atom. The van der Waals surface area contributed by atoms with Gasteiger partial charge in [0.15, 0.2) is 0 Å². The second-order valence-electron chi connectivity index (χ2n) is 6.84. The van der Waals surface area contributed by atoms with E-state index in [-0.39, 0.29) is 5.41 Å². The van der Waals surface area contributed by atoms with E-state index in [1.807, 2.05) is 0 Å². The van der Waals surface area contributed by atoms with Gasteiger partial charge in [-0.15, -0.1) is 0 Å². The van der Waals surface area contributed by atoms with Gasteiger partial charge in [0.05, 0.1) is 12.0 Å². The molecule has 4 aliphatic carbocycles. The predicted octanol–water partition coefficient (Wildman–Crippen LogP) is 2.28. The Labute approximate surface area is 102 Å². The fourth-order valence-electron chi connectivity index (χ4n) is 5.54. The van der Waals surface area contributed by atoms with Crippen LogP contribution in [0.5, 0.6) is 0 Å². The van der Waals surface area contributed by atoms with Crippen molar-refractivity contribution in [1.29, 1.82) is 0 Å². The molecule has 4 aliphatic rings. The highest BCUT2D eigenvalue weighted by atomic mass is 16.4. The minimum absolute atomic E-state index is 0.0885. The minimum atomic E-state index is -0.790. The third kappa shape index (κ3) is 1.70. The molecule has 4 fully saturated rings. The molecule has 0 aliphatic heterocycles. The molecule has 0 heterocycles. The van der Waals surface area contributed by atoms with Crippen LogP contribution in [-0.2, 0) is 4.79 Å². The SMILES string of the molecule is C[C@H](O)[C@@H](C(=O)O)C12CC3CC(CC(C3)C1)C2. The maximum Gasteiger partial charge on any atom is 0.309 e. The molecule has 4 bridgehead atoms. The van der Waals surface area contributed by atoms with E-state index in [2.05, 4.69) is 0 Å². The smallest absolute Gasteiger partial charge is 0.309 e. The fourth-order valence-corrected chi connectivity index (χ4v) is 5.54. The number of aliphatic hydroxyl groups excluding tert-OH is 1. The highest BCUT2D eigenvalue weighted by Gasteiger charge is 2.57. The topological polar surface area (TPSA) is 57.5 Å². The van der Waals surface area contributed by atoms with Crippen LogP contribution >= 0.6 is 0 Å². The van der Waals surface area contributed by atoms with E-state index >= 15 is 0 Å². The average molecular weight is 238 g/mol. The van der Waals surface area contributed by atoms with Crippen LogP contribution in [0.4, 0.5) is 0 Å². The molecular formula is C14H22O3. The standard InChI is InChI=1S/C14H22O3/c1-8(15)12(13(16)17)14-5-9-2-10(6-14)4-11(3-9)7-14/h8-12,15H,2-7H2,1H3,(H,16,17)/t8-,9?,10?,11?,12-,14?/m0/s1. The van der Waals surface area contributed by atoms with Crippen molar-refractivity contribution in [3.8, 4) is 0 Å². The third-order valence-electron chi connectivity index (χ3n) is 5.49. The van der Waals surface area contributed by atoms with Crippen molar-refractivity contribution in [3.05, 3.63) is 0 Å². The van der Waals surface area contributed by atoms with E-state index in [1.54, 1.807) is 6.92 Å². The summed E-state index contributed by atoms with van der Waals surface area (Å²) in [5, 5.41) is 19.3. The first-order valence-corrected chi connectivity index (χ1v) is 6.91. The molecule has 0 unspecified atom stereocenters. The van der Waals surface area contributed by atoms with Crippen LogP contribution in [0.1, 0.15) is 45.4 Å². The first-order chi connectivity index (χ1) is 8.00. The number of aliphatic hydroxyl groups is 1. The summed E-state index contributed by atoms with van der Waals surface area (Å²) in [6.45, 7) is 1.65. The zero-order chi connectivity index (χ0) is 12.2. The summed E-state index contributed by atoms with van der Waals surface area (Å²) in [6.07, 6.45) is 6.34. The lowest BCUT2D eigenvalue weighted by Crippen LogP contribution is -2.54. The quantitative estimate of drug-likeness (QED) is 0.793. The van der Waals surface area contributed by atoms with Crippen molar-refractivity contribution in [2.45, 2.75) is 51.6 Å². The number of carboxylic acid groups (broad SMARTS) is 1. The molecule has 0 spiro atoms. The van der Waals surface area contributed by atoms with Crippen LogP contribution in [0.15, 0.2) is 0 Å². The van der Waals surface area contributed by atoms with Crippen molar-refractivity contribution in [1.82, 2.24) is 0 Å². The summed E-state index contributed by atoms with van der Waals surface area (Å²) in [4.78, 5) is 11.5. The Morgan fingerprint density at radius 1 is 1.12 bits per heavy atom. The summed E-state index contributed by atoms with van der Waals surface area (Å²) in [5.41, 5.74) is -0.0885. The van der Waals surface area contributed by atoms with Crippen LogP contribution in [-0.4, -0.2) is 22.3 Å². The molecule has 4 saturated carbocycles. The number of carboxylic acids is 1. The Morgan fingerprint density at radius 2 is 1.53 bits per heavy atom. The lowest BCUT2D eigenvalue weighted by molar-refractivity contribution is -0.167. The molecule has 2 atom stereocenters. The van der Waals surface area contributed by atoms with Crippen molar-refractivity contribution < 1.29 is 15.0 Å². The Kier molecular flexibility index (Phi) is 2.51. The van der Waals surface area contributed by atoms with Gasteiger partial charge in [-0.1, -0.05) is 0 Å². The molecule has 0 radical (unpaired) electrons. The molecule has 4 rings (SSSR count). The second-order valence-corrected chi connectivity index (χ2v) is 6.84. The van der Waals surface area contributed by atoms with Gasteiger partial charge >= 0.3 is 5.97 Å². The maximum atomic E-state index is 11.5. The highest BCUT2D eigenvalue weighted by molar-refractivity contribution is 5.72. The van der Waals surface area contributed by atoms with E-state index in [4.69, 9.17) is 0 Å². The minimum Gasteiger partial charge on any atom is -0.481 e. The Balaban J connectivity index is 1.92. The van der Waals surface area contributed by atoms with E-state index < -0.39 is 18.0 Å². The third-order valence-corrected chi connectivity index (χ3v) is 5.49. The molecule has 3 nitrogen and oxygen atoms in total. The van der Waals surface area contributed by atoms with Crippen molar-refractivity contribution >= 4 is 5.97 Å². The van der Waals surface area contributed by atoms with Gasteiger partial charge in [0.1, 0.15) is 0 Å². The lowest BCUT2D eigenvalue weighted by Gasteiger charge is -2.59. The monoisotopic (exact) mass is 238 g/mol. The summed E-state index contributed by atoms with van der Waals surface area (Å²) < 4.78 is 0. The van der Waals surface area contributed by atoms with Gasteiger partial charge in [-0.25, -0.2) is 0 Å². The molecule has 17 heavy (non-hydrogen) atoms. The van der Waals surface area contributed by atoms with Crippen molar-refractivity contribution in [3.63, 3.8) is 0 Å². The van der Waals surface area contributed by atoms with Gasteiger partial charge in [0.2, 0.25) is 0 Å². The van der Waals surface area contributed by atoms with Gasteiger partial charge in [0.25, 0.3) is 0 Å². The molecule has 96 valence electrons. The molecule has 0 aromatic rings. The first kappa shape index (κ1) is 11.5. The molecular weight excluding hydrogens is 216 g/mol. The van der Waals surface area contributed by atoms with E-state index in [0.717, 1.165) is 37.0 Å². The van der Waals surface area contributed by atoms with Gasteiger partial charge in [0, 0.05) is 0 Å². The summed E-state index contributed by atoms with van der Waals surface area (Å²) in [6, 6.07) is 0. The van der Waals surface area contributed by atoms with Crippen LogP contribution < -0.4 is 0 Å². The molecule has 0 saturated heterocycles. The van der Waals surface area contributed by atoms with E-state index in [0.29, 0.717) is 0 Å². The van der Waals surface area contributed by atoms with Crippen LogP contribution in [0.3, 0.4) is 0 Å². The van der Waals surface area contributed by atoms with Crippen LogP contribution in [0.2, 0.25) is 0 Å². The molecule has 3 heteroatoms. The molecule has 0 aromatic carbocycles. The zero-order valence-corrected chi connectivity index (χ0v) is 10.4. The highest BCUT2D eigenvalue weighted by Crippen LogP contribution is 2.63. The van der Waals surface area contributed by atoms with Gasteiger partial charge in [-0.3, -0.25) is 4.79 Å². The van der Waals surface area contributed by atoms with Crippen LogP contribution in [0.25, 0.3) is 0 Å². The van der Waals surface area contributed by atoms with Crippen LogP contribution in [0, 0.1) is 29.1 Å². The number of aliphatic carboxylic acids is 1. The summed E-state index contributed by atoms with van der Waals surface area (Å²) >= 11 is 0. The normalized spacial score (nSPS) is 46.8. The Hall–Kier alpha value is -0.570. The van der Waals surface area contributed by atoms with E-state index in [1.165, 1.54) is 19.3 Å². The number of hydrogen-bond acceptors (Lipinski definition) is 2. The molecule has 0 aromatic heterocycles. The second kappa shape index (κ2) is 3.71. The lowest BCUT2D eigenvalue weighted by atomic mass is 9.46. The fraction of sp³-hybridized carbons (Fsp3) is 0.929. The molecule has 2 N–H and O–H groups in total. The van der Waals surface area contributed by atoms with Gasteiger partial charge in [-0.05, 0) is 68.6 Å². The largest absolute Gasteiger partial charge is 0.481 e. The summed E-state index contributed by atoms with van der Waals surface area (Å²) in [5.74, 6) is 0.878. The van der Waals surface area contributed by atoms with Gasteiger partial charge in [-0.2, -0.15) is 0 Å². The summed E-state index contributed by atoms with van der Waals surface area (Å²) in [7, 11) is 0. The average Bonchev–Trinajstić information content (AvgIpc) is 2.11.